The Hall–Kier alpha value is -1.89. The lowest BCUT2D eigenvalue weighted by atomic mass is 9.75. The number of aromatic nitrogens is 2. The molecule has 0 amide bonds. The maximum Gasteiger partial charge on any atom is 0.332 e. The van der Waals surface area contributed by atoms with Crippen LogP contribution < -0.4 is 17.0 Å². The number of carbonyl (C=O) groups is 1. The number of Topliss-reactive ketones (excluding diaryl/α,β-unsaturated/α-hetero) is 1. The molecule has 2 heterocycles. The van der Waals surface area contributed by atoms with Crippen LogP contribution in [0.3, 0.4) is 0 Å². The van der Waals surface area contributed by atoms with Crippen LogP contribution in [-0.4, -0.2) is 39.5 Å². The summed E-state index contributed by atoms with van der Waals surface area (Å²) >= 11 is 0. The molecule has 1 aromatic heterocycles. The van der Waals surface area contributed by atoms with Gasteiger partial charge in [-0.3, -0.25) is 23.6 Å². The number of anilines is 1. The highest BCUT2D eigenvalue weighted by Crippen LogP contribution is 2.35. The van der Waals surface area contributed by atoms with Crippen molar-refractivity contribution in [2.24, 2.45) is 25.9 Å². The normalized spacial score (nSPS) is 24.6. The predicted octanol–water partition coefficient (Wildman–Crippen LogP) is 0.361. The smallest absolute Gasteiger partial charge is 0.332 e. The number of nitrogen functional groups attached to an aromatic ring is 1. The fraction of sp³-hybridized carbons (Fsp3) is 0.706. The molecule has 2 fully saturated rings. The first-order valence-electron chi connectivity index (χ1n) is 8.71. The van der Waals surface area contributed by atoms with Gasteiger partial charge >= 0.3 is 5.69 Å². The van der Waals surface area contributed by atoms with Crippen molar-refractivity contribution in [3.63, 3.8) is 0 Å². The third-order valence-electron chi connectivity index (χ3n) is 5.73. The molecule has 1 saturated carbocycles. The van der Waals surface area contributed by atoms with Crippen molar-refractivity contribution in [1.82, 2.24) is 14.0 Å². The summed E-state index contributed by atoms with van der Waals surface area (Å²) in [6.45, 7) is 2.00. The van der Waals surface area contributed by atoms with E-state index in [1.807, 2.05) is 0 Å². The maximum absolute atomic E-state index is 12.7. The summed E-state index contributed by atoms with van der Waals surface area (Å²) in [6, 6.07) is 0. The van der Waals surface area contributed by atoms with Crippen molar-refractivity contribution < 1.29 is 4.79 Å². The molecule has 0 spiro atoms. The van der Waals surface area contributed by atoms with E-state index in [0.717, 1.165) is 34.6 Å². The van der Waals surface area contributed by atoms with E-state index in [-0.39, 0.29) is 23.7 Å². The topological polar surface area (TPSA) is 90.3 Å². The molecule has 2 N–H and O–H groups in total. The minimum atomic E-state index is -0.604. The molecular formula is C17H26N4O3. The summed E-state index contributed by atoms with van der Waals surface area (Å²) in [5.74, 6) is 1.12. The second kappa shape index (κ2) is 6.55. The fourth-order valence-corrected chi connectivity index (χ4v) is 4.22. The largest absolute Gasteiger partial charge is 0.384 e. The van der Waals surface area contributed by atoms with Crippen LogP contribution >= 0.6 is 0 Å². The third-order valence-corrected chi connectivity index (χ3v) is 5.73. The number of hydrogen-bond donors (Lipinski definition) is 1. The van der Waals surface area contributed by atoms with E-state index in [2.05, 4.69) is 4.90 Å². The second-order valence-electron chi connectivity index (χ2n) is 7.22. The molecule has 1 aromatic rings. The summed E-state index contributed by atoms with van der Waals surface area (Å²) in [5.41, 5.74) is 4.69. The lowest BCUT2D eigenvalue weighted by Crippen LogP contribution is -2.46. The van der Waals surface area contributed by atoms with E-state index in [4.69, 9.17) is 5.73 Å². The molecule has 1 aliphatic carbocycles. The second-order valence-corrected chi connectivity index (χ2v) is 7.22. The highest BCUT2D eigenvalue weighted by molar-refractivity contribution is 6.01. The van der Waals surface area contributed by atoms with Crippen LogP contribution in [0.5, 0.6) is 0 Å². The van der Waals surface area contributed by atoms with Gasteiger partial charge in [-0.15, -0.1) is 0 Å². The molecule has 7 nitrogen and oxygen atoms in total. The SMILES string of the molecule is Cn1c(N)c(C(=O)CN2CC[C@H]3CCCC[C@H]3C2)c(=O)n(C)c1=O. The van der Waals surface area contributed by atoms with Crippen LogP contribution in [0.1, 0.15) is 42.5 Å². The van der Waals surface area contributed by atoms with Gasteiger partial charge in [0.2, 0.25) is 0 Å². The van der Waals surface area contributed by atoms with E-state index in [9.17, 15) is 14.4 Å². The van der Waals surface area contributed by atoms with Crippen molar-refractivity contribution in [2.45, 2.75) is 32.1 Å². The van der Waals surface area contributed by atoms with Gasteiger partial charge < -0.3 is 5.73 Å². The number of rotatable bonds is 3. The van der Waals surface area contributed by atoms with E-state index in [1.54, 1.807) is 0 Å². The van der Waals surface area contributed by atoms with Crippen molar-refractivity contribution in [3.05, 3.63) is 26.4 Å². The Labute approximate surface area is 141 Å². The Kier molecular flexibility index (Phi) is 4.62. The number of ketones is 1. The van der Waals surface area contributed by atoms with Crippen LogP contribution in [-0.2, 0) is 14.1 Å². The molecular weight excluding hydrogens is 308 g/mol. The van der Waals surface area contributed by atoms with Crippen LogP contribution in [0.25, 0.3) is 0 Å². The first kappa shape index (κ1) is 17.0. The lowest BCUT2D eigenvalue weighted by molar-refractivity contribution is 0.0711. The highest BCUT2D eigenvalue weighted by Gasteiger charge is 2.32. The standard InChI is InChI=1S/C17H26N4O3/c1-19-15(18)14(16(23)20(2)17(19)24)13(22)10-21-8-7-11-5-3-4-6-12(11)9-21/h11-12H,3-10,18H2,1-2H3/t11-,12+/m1/s1. The number of nitrogens with zero attached hydrogens (tertiary/aromatic N) is 3. The molecule has 0 unspecified atom stereocenters. The minimum absolute atomic E-state index is 0.0411. The van der Waals surface area contributed by atoms with Crippen LogP contribution in [0.4, 0.5) is 5.82 Å². The van der Waals surface area contributed by atoms with Gasteiger partial charge in [0, 0.05) is 20.6 Å². The molecule has 132 valence electrons. The molecule has 0 aromatic carbocycles. The van der Waals surface area contributed by atoms with Crippen LogP contribution in [0.2, 0.25) is 0 Å². The average Bonchev–Trinajstić information content (AvgIpc) is 2.58. The fourth-order valence-electron chi connectivity index (χ4n) is 4.22. The van der Waals surface area contributed by atoms with E-state index < -0.39 is 11.2 Å². The molecule has 0 bridgehead atoms. The number of hydrogen-bond acceptors (Lipinski definition) is 5. The maximum atomic E-state index is 12.7. The number of carbonyl (C=O) groups excluding carboxylic acids is 1. The summed E-state index contributed by atoms with van der Waals surface area (Å²) in [6.07, 6.45) is 6.26. The predicted molar refractivity (Wildman–Crippen MR) is 92.2 cm³/mol. The highest BCUT2D eigenvalue weighted by atomic mass is 16.2. The van der Waals surface area contributed by atoms with Crippen molar-refractivity contribution >= 4 is 11.6 Å². The van der Waals surface area contributed by atoms with Gasteiger partial charge in [-0.2, -0.15) is 0 Å². The molecule has 1 aliphatic heterocycles. The zero-order valence-electron chi connectivity index (χ0n) is 14.5. The van der Waals surface area contributed by atoms with Crippen molar-refractivity contribution in [2.75, 3.05) is 25.4 Å². The molecule has 2 atom stereocenters. The molecule has 3 rings (SSSR count). The first-order chi connectivity index (χ1) is 11.4. The van der Waals surface area contributed by atoms with E-state index in [1.165, 1.54) is 39.8 Å². The molecule has 7 heteroatoms. The van der Waals surface area contributed by atoms with Crippen LogP contribution in [0, 0.1) is 11.8 Å². The summed E-state index contributed by atoms with van der Waals surface area (Å²) in [5, 5.41) is 0. The zero-order valence-corrected chi connectivity index (χ0v) is 14.5. The average molecular weight is 334 g/mol. The quantitative estimate of drug-likeness (QED) is 0.806. The van der Waals surface area contributed by atoms with Crippen molar-refractivity contribution in [1.29, 1.82) is 0 Å². The van der Waals surface area contributed by atoms with Crippen LogP contribution in [0.15, 0.2) is 9.59 Å². The number of likely N-dealkylation sites (tertiary alicyclic amines) is 1. The summed E-state index contributed by atoms with van der Waals surface area (Å²) in [4.78, 5) is 39.0. The number of fused-ring (bicyclic) bond motifs is 1. The van der Waals surface area contributed by atoms with Gasteiger partial charge in [0.15, 0.2) is 5.78 Å². The number of nitrogens with two attached hydrogens (primary N) is 1. The van der Waals surface area contributed by atoms with Gasteiger partial charge in [-0.25, -0.2) is 4.79 Å². The minimum Gasteiger partial charge on any atom is -0.384 e. The van der Waals surface area contributed by atoms with E-state index in [0.29, 0.717) is 5.92 Å². The van der Waals surface area contributed by atoms with E-state index >= 15 is 0 Å². The van der Waals surface area contributed by atoms with Gasteiger partial charge in [-0.1, -0.05) is 19.3 Å². The molecule has 1 saturated heterocycles. The Morgan fingerprint density at radius 3 is 2.46 bits per heavy atom. The first-order valence-corrected chi connectivity index (χ1v) is 8.71. The van der Waals surface area contributed by atoms with Gasteiger partial charge in [-0.05, 0) is 31.2 Å². The molecule has 2 aliphatic rings. The van der Waals surface area contributed by atoms with Crippen molar-refractivity contribution in [3.8, 4) is 0 Å². The lowest BCUT2D eigenvalue weighted by Gasteiger charge is -2.41. The Balaban J connectivity index is 1.79. The van der Waals surface area contributed by atoms with Gasteiger partial charge in [0.25, 0.3) is 5.56 Å². The monoisotopic (exact) mass is 334 g/mol. The summed E-state index contributed by atoms with van der Waals surface area (Å²) < 4.78 is 2.10. The number of piperidine rings is 1. The molecule has 24 heavy (non-hydrogen) atoms. The summed E-state index contributed by atoms with van der Waals surface area (Å²) in [7, 11) is 2.84. The van der Waals surface area contributed by atoms with Gasteiger partial charge in [0.05, 0.1) is 6.54 Å². The zero-order chi connectivity index (χ0) is 17.4. The molecule has 0 radical (unpaired) electrons. The Morgan fingerprint density at radius 2 is 1.75 bits per heavy atom. The van der Waals surface area contributed by atoms with Gasteiger partial charge in [0.1, 0.15) is 11.4 Å². The third kappa shape index (κ3) is 2.92. The Bertz CT molecular complexity index is 764. The Morgan fingerprint density at radius 1 is 1.08 bits per heavy atom.